The van der Waals surface area contributed by atoms with Gasteiger partial charge in [-0.2, -0.15) is 17.6 Å². The van der Waals surface area contributed by atoms with Crippen molar-refractivity contribution in [3.63, 3.8) is 0 Å². The third-order valence-electron chi connectivity index (χ3n) is 8.97. The molecular weight excluding hydrogens is 672 g/mol. The third kappa shape index (κ3) is 7.28. The smallest absolute Gasteiger partial charge is 0.321 e. The lowest BCUT2D eigenvalue weighted by atomic mass is 9.78. The molecule has 3 aromatic heterocycles. The standard InChI is InChI=1S/C23H20F4N4O.C14H15F2N3/c1-3-14-10-15(12-31(21(14)32)22(26)27)20-29-13(2)23(30-20,16-4-6-18(24)7-5-16)17-8-9-28-19(25)11-17;1-9(17)14(18,10-2-4-12(15)5-3-10)11-6-7-19-13(16)8-11/h4-13,22H,3H2,1-2H3,(H,29,30);2-9H,17-18H2,1H3/t13-,23+;9-,14+/m00/s1. The molecule has 0 unspecified atom stereocenters. The highest BCUT2D eigenvalue weighted by Gasteiger charge is 2.45. The Kier molecular flexibility index (Phi) is 10.8. The van der Waals surface area contributed by atoms with Crippen molar-refractivity contribution in [3.8, 4) is 0 Å². The first-order valence-corrected chi connectivity index (χ1v) is 15.9. The zero-order chi connectivity index (χ0) is 37.1. The van der Waals surface area contributed by atoms with Crippen LogP contribution in [0.2, 0.25) is 0 Å². The second-order valence-electron chi connectivity index (χ2n) is 12.1. The first-order chi connectivity index (χ1) is 24.2. The van der Waals surface area contributed by atoms with Crippen molar-refractivity contribution in [2.24, 2.45) is 16.5 Å². The van der Waals surface area contributed by atoms with Gasteiger partial charge in [0, 0.05) is 35.8 Å². The molecule has 0 aliphatic carbocycles. The van der Waals surface area contributed by atoms with E-state index in [4.69, 9.17) is 11.5 Å². The molecule has 0 radical (unpaired) electrons. The molecule has 2 aromatic carbocycles. The van der Waals surface area contributed by atoms with E-state index in [0.29, 0.717) is 32.4 Å². The summed E-state index contributed by atoms with van der Waals surface area (Å²) in [7, 11) is 0. The van der Waals surface area contributed by atoms with E-state index < -0.39 is 53.0 Å². The predicted octanol–water partition coefficient (Wildman–Crippen LogP) is 6.07. The first kappa shape index (κ1) is 36.9. The number of aliphatic imine (C=N–C) groups is 1. The summed E-state index contributed by atoms with van der Waals surface area (Å²) in [5, 5.41) is 3.26. The summed E-state index contributed by atoms with van der Waals surface area (Å²) in [6.07, 6.45) is 3.96. The number of amidine groups is 1. The molecule has 4 atom stereocenters. The number of hydrogen-bond acceptors (Lipinski definition) is 7. The molecule has 5 aromatic rings. The average Bonchev–Trinajstić information content (AvgIpc) is 3.46. The van der Waals surface area contributed by atoms with E-state index in [1.165, 1.54) is 54.9 Å². The Morgan fingerprint density at radius 3 is 2.00 bits per heavy atom. The Morgan fingerprint density at radius 2 is 1.45 bits per heavy atom. The van der Waals surface area contributed by atoms with Gasteiger partial charge in [-0.05, 0) is 97.1 Å². The van der Waals surface area contributed by atoms with E-state index >= 15 is 0 Å². The summed E-state index contributed by atoms with van der Waals surface area (Å²) in [6.45, 7) is 2.20. The first-order valence-electron chi connectivity index (χ1n) is 15.9. The van der Waals surface area contributed by atoms with Crippen LogP contribution in [0.1, 0.15) is 60.7 Å². The quantitative estimate of drug-likeness (QED) is 0.133. The lowest BCUT2D eigenvalue weighted by molar-refractivity contribution is 0.0660. The molecule has 0 spiro atoms. The van der Waals surface area contributed by atoms with E-state index in [0.717, 1.165) is 6.20 Å². The fourth-order valence-corrected chi connectivity index (χ4v) is 6.18. The van der Waals surface area contributed by atoms with Gasteiger partial charge in [-0.1, -0.05) is 31.2 Å². The minimum absolute atomic E-state index is 0.217. The Morgan fingerprint density at radius 1 is 0.863 bits per heavy atom. The van der Waals surface area contributed by atoms with E-state index in [1.54, 1.807) is 57.2 Å². The molecule has 4 heterocycles. The Bertz CT molecular complexity index is 2090. The summed E-state index contributed by atoms with van der Waals surface area (Å²) in [4.78, 5) is 24.0. The molecule has 6 rings (SSSR count). The van der Waals surface area contributed by atoms with E-state index in [1.807, 2.05) is 0 Å². The fraction of sp³-hybridized carbons (Fsp3) is 0.243. The number of halogens is 6. The van der Waals surface area contributed by atoms with Gasteiger partial charge in [0.1, 0.15) is 23.0 Å². The van der Waals surface area contributed by atoms with Gasteiger partial charge in [0.25, 0.3) is 5.56 Å². The molecule has 51 heavy (non-hydrogen) atoms. The van der Waals surface area contributed by atoms with Crippen molar-refractivity contribution in [2.75, 3.05) is 0 Å². The van der Waals surface area contributed by atoms with Crippen LogP contribution in [0.5, 0.6) is 0 Å². The van der Waals surface area contributed by atoms with Gasteiger partial charge in [-0.25, -0.2) is 18.7 Å². The zero-order valence-electron chi connectivity index (χ0n) is 27.8. The molecule has 0 amide bonds. The van der Waals surface area contributed by atoms with Crippen molar-refractivity contribution in [2.45, 2.75) is 56.9 Å². The minimum atomic E-state index is -3.01. The van der Waals surface area contributed by atoms with Gasteiger partial charge in [-0.3, -0.25) is 14.4 Å². The van der Waals surface area contributed by atoms with Crippen molar-refractivity contribution in [1.29, 1.82) is 0 Å². The van der Waals surface area contributed by atoms with E-state index in [9.17, 15) is 31.1 Å². The number of pyridine rings is 3. The van der Waals surface area contributed by atoms with Crippen LogP contribution in [0.3, 0.4) is 0 Å². The number of nitrogens with one attached hydrogen (secondary N) is 1. The predicted molar refractivity (Wildman–Crippen MR) is 181 cm³/mol. The van der Waals surface area contributed by atoms with Crippen LogP contribution in [0.25, 0.3) is 0 Å². The van der Waals surface area contributed by atoms with Gasteiger partial charge < -0.3 is 16.8 Å². The number of aromatic nitrogens is 3. The maximum Gasteiger partial charge on any atom is 0.321 e. The number of nitrogens with two attached hydrogens (primary N) is 2. The van der Waals surface area contributed by atoms with Crippen molar-refractivity contribution >= 4 is 5.84 Å². The van der Waals surface area contributed by atoms with Gasteiger partial charge in [0.05, 0.1) is 11.6 Å². The normalized spacial score (nSPS) is 18.7. The summed E-state index contributed by atoms with van der Waals surface area (Å²) in [5.74, 6) is -1.87. The number of hydrogen-bond donors (Lipinski definition) is 3. The fourth-order valence-electron chi connectivity index (χ4n) is 6.18. The summed E-state index contributed by atoms with van der Waals surface area (Å²) < 4.78 is 81.3. The van der Waals surface area contributed by atoms with Gasteiger partial charge in [0.15, 0.2) is 0 Å². The van der Waals surface area contributed by atoms with E-state index in [-0.39, 0.29) is 23.6 Å². The number of rotatable bonds is 8. The molecule has 266 valence electrons. The molecule has 5 N–H and O–H groups in total. The molecule has 8 nitrogen and oxygen atoms in total. The van der Waals surface area contributed by atoms with Crippen LogP contribution in [0.15, 0.2) is 107 Å². The molecule has 0 bridgehead atoms. The van der Waals surface area contributed by atoms with Crippen molar-refractivity contribution in [3.05, 3.63) is 165 Å². The van der Waals surface area contributed by atoms with Crippen molar-refractivity contribution < 1.29 is 26.3 Å². The molecule has 0 saturated carbocycles. The highest BCUT2D eigenvalue weighted by Crippen LogP contribution is 2.39. The number of aryl methyl sites for hydroxylation is 1. The number of nitrogens with zero attached hydrogens (tertiary/aromatic N) is 4. The largest absolute Gasteiger partial charge is 0.354 e. The van der Waals surface area contributed by atoms with Crippen LogP contribution in [-0.4, -0.2) is 32.5 Å². The summed E-state index contributed by atoms with van der Waals surface area (Å²) in [5.41, 5.74) is 12.1. The Balaban J connectivity index is 0.000000226. The van der Waals surface area contributed by atoms with Crippen LogP contribution in [0, 0.1) is 23.5 Å². The zero-order valence-corrected chi connectivity index (χ0v) is 27.8. The van der Waals surface area contributed by atoms with E-state index in [2.05, 4.69) is 20.3 Å². The van der Waals surface area contributed by atoms with Crippen molar-refractivity contribution in [1.82, 2.24) is 19.9 Å². The Labute approximate surface area is 289 Å². The topological polar surface area (TPSA) is 124 Å². The highest BCUT2D eigenvalue weighted by atomic mass is 19.3. The lowest BCUT2D eigenvalue weighted by Gasteiger charge is -2.35. The average molecular weight is 708 g/mol. The third-order valence-corrected chi connectivity index (χ3v) is 8.97. The summed E-state index contributed by atoms with van der Waals surface area (Å²) >= 11 is 0. The monoisotopic (exact) mass is 707 g/mol. The maximum absolute atomic E-state index is 14.0. The molecule has 1 aliphatic rings. The second-order valence-corrected chi connectivity index (χ2v) is 12.1. The van der Waals surface area contributed by atoms with Crippen LogP contribution in [-0.2, 0) is 17.5 Å². The Hall–Kier alpha value is -5.34. The van der Waals surface area contributed by atoms with Crippen LogP contribution in [0.4, 0.5) is 26.3 Å². The number of alkyl halides is 2. The number of benzene rings is 2. The van der Waals surface area contributed by atoms with Gasteiger partial charge >= 0.3 is 6.55 Å². The van der Waals surface area contributed by atoms with Crippen LogP contribution >= 0.6 is 0 Å². The molecule has 0 fully saturated rings. The molecule has 0 saturated heterocycles. The summed E-state index contributed by atoms with van der Waals surface area (Å²) in [6, 6.07) is 17.6. The molecule has 1 aliphatic heterocycles. The van der Waals surface area contributed by atoms with Gasteiger partial charge in [0.2, 0.25) is 11.9 Å². The highest BCUT2D eigenvalue weighted by molar-refractivity contribution is 6.01. The minimum Gasteiger partial charge on any atom is -0.354 e. The lowest BCUT2D eigenvalue weighted by Crippen LogP contribution is -2.51. The molecular formula is C37H35F6N7O. The maximum atomic E-state index is 14.0. The SMILES string of the molecule is CCc1cc(C2=N[C@@H](C)[C@@](c3ccc(F)cc3)(c3ccnc(F)c3)N2)cn(C(F)F)c1=O.C[C@H](N)[C@@](N)(c1ccc(F)cc1)c1ccnc(F)c1. The molecule has 14 heteroatoms. The second kappa shape index (κ2) is 14.9. The van der Waals surface area contributed by atoms with Gasteiger partial charge in [-0.15, -0.1) is 0 Å². The van der Waals surface area contributed by atoms with Crippen LogP contribution < -0.4 is 22.3 Å².